The second kappa shape index (κ2) is 6.43. The van der Waals surface area contributed by atoms with E-state index in [9.17, 15) is 36.0 Å². The molecule has 1 aromatic carbocycles. The highest BCUT2D eigenvalue weighted by Gasteiger charge is 2.35. The molecule has 12 nitrogen and oxygen atoms in total. The minimum Gasteiger partial charge on any atom is -0.475 e. The number of carboxylic acids is 1. The van der Waals surface area contributed by atoms with Crippen molar-refractivity contribution in [1.82, 2.24) is 24.4 Å². The van der Waals surface area contributed by atoms with Crippen molar-refractivity contribution in [1.29, 1.82) is 0 Å². The summed E-state index contributed by atoms with van der Waals surface area (Å²) in [6.07, 6.45) is -3.63. The van der Waals surface area contributed by atoms with Gasteiger partial charge in [-0.05, 0) is 12.1 Å². The van der Waals surface area contributed by atoms with Gasteiger partial charge >= 0.3 is 17.8 Å². The number of rotatable bonds is 4. The van der Waals surface area contributed by atoms with Gasteiger partial charge in [-0.25, -0.2) is 32.5 Å². The van der Waals surface area contributed by atoms with Gasteiger partial charge in [0.25, 0.3) is 11.4 Å². The van der Waals surface area contributed by atoms with Crippen LogP contribution in [0.15, 0.2) is 28.0 Å². The Balaban J connectivity index is 2.38. The van der Waals surface area contributed by atoms with Crippen molar-refractivity contribution in [3.05, 3.63) is 50.7 Å². The number of carbonyl (C=O) groups is 1. The Hall–Kier alpha value is -3.69. The summed E-state index contributed by atoms with van der Waals surface area (Å²) in [6.45, 7) is 0. The molecule has 3 N–H and O–H groups in total. The van der Waals surface area contributed by atoms with Crippen LogP contribution in [0.1, 0.15) is 16.2 Å². The molecule has 0 radical (unpaired) electrons. The Morgan fingerprint density at radius 1 is 1.28 bits per heavy atom. The highest BCUT2D eigenvalue weighted by molar-refractivity contribution is 7.91. The Kier molecular flexibility index (Phi) is 4.45. The second-order valence-corrected chi connectivity index (χ2v) is 7.39. The third kappa shape index (κ3) is 3.82. The van der Waals surface area contributed by atoms with Crippen LogP contribution in [-0.2, 0) is 16.2 Å². The SMILES string of the molecule is CS(=O)(=O)Nn1c(=O)[nH]c2cc(C(F)(F)F)c(-n3cnc(C(=O)O)n3)cc2c1=O. The predicted octanol–water partition coefficient (Wildman–Crippen LogP) is -0.509. The minimum absolute atomic E-state index is 0.0682. The zero-order chi connectivity index (χ0) is 21.7. The number of fused-ring (bicyclic) bond motifs is 1. The number of aromatic carboxylic acids is 1. The average molecular weight is 434 g/mol. The van der Waals surface area contributed by atoms with Gasteiger partial charge in [-0.1, -0.05) is 0 Å². The fourth-order valence-electron chi connectivity index (χ4n) is 2.39. The van der Waals surface area contributed by atoms with Gasteiger partial charge in [-0.3, -0.25) is 4.79 Å². The summed E-state index contributed by atoms with van der Waals surface area (Å²) in [6, 6.07) is 1.12. The van der Waals surface area contributed by atoms with E-state index in [-0.39, 0.29) is 4.68 Å². The van der Waals surface area contributed by atoms with Crippen LogP contribution >= 0.6 is 0 Å². The number of alkyl halides is 3. The number of benzene rings is 1. The molecule has 0 atom stereocenters. The smallest absolute Gasteiger partial charge is 0.418 e. The number of carboxylic acid groups (broad SMARTS) is 1. The number of halogens is 3. The number of hydrogen-bond donors (Lipinski definition) is 3. The van der Waals surface area contributed by atoms with Crippen LogP contribution in [0.3, 0.4) is 0 Å². The summed E-state index contributed by atoms with van der Waals surface area (Å²) in [5.74, 6) is -2.39. The molecule has 2 heterocycles. The molecule has 0 aliphatic rings. The molecule has 0 bridgehead atoms. The summed E-state index contributed by atoms with van der Waals surface area (Å²) >= 11 is 0. The Labute approximate surface area is 157 Å². The average Bonchev–Trinajstić information content (AvgIpc) is 3.06. The molecule has 16 heteroatoms. The van der Waals surface area contributed by atoms with Crippen LogP contribution < -0.4 is 16.1 Å². The van der Waals surface area contributed by atoms with Gasteiger partial charge in [0.1, 0.15) is 6.33 Å². The number of H-pyrrole nitrogens is 1. The van der Waals surface area contributed by atoms with Crippen molar-refractivity contribution in [2.24, 2.45) is 0 Å². The monoisotopic (exact) mass is 434 g/mol. The molecular weight excluding hydrogens is 425 g/mol. The van der Waals surface area contributed by atoms with E-state index >= 15 is 0 Å². The number of nitrogens with zero attached hydrogens (tertiary/aromatic N) is 4. The maximum Gasteiger partial charge on any atom is 0.418 e. The molecule has 0 spiro atoms. The number of hydrogen-bond acceptors (Lipinski definition) is 7. The molecule has 154 valence electrons. The third-order valence-electron chi connectivity index (χ3n) is 3.51. The van der Waals surface area contributed by atoms with Gasteiger partial charge < -0.3 is 10.1 Å². The van der Waals surface area contributed by atoms with E-state index in [2.05, 4.69) is 10.1 Å². The van der Waals surface area contributed by atoms with Crippen molar-refractivity contribution in [2.45, 2.75) is 6.18 Å². The first-order chi connectivity index (χ1) is 13.3. The maximum absolute atomic E-state index is 13.5. The maximum atomic E-state index is 13.5. The molecule has 29 heavy (non-hydrogen) atoms. The molecule has 0 saturated carbocycles. The standard InChI is InChI=1S/C13H9F3N6O6S/c1-29(27,28)20-22-10(23)5-2-8(21-4-17-9(19-21)11(24)25)6(13(14,15)16)3-7(5)18-12(22)26/h2-4,20H,1H3,(H,18,26)(H,24,25). The number of aromatic nitrogens is 5. The first-order valence-corrected chi connectivity index (χ1v) is 9.20. The highest BCUT2D eigenvalue weighted by Crippen LogP contribution is 2.35. The lowest BCUT2D eigenvalue weighted by atomic mass is 10.1. The molecule has 0 unspecified atom stereocenters. The molecule has 0 amide bonds. The van der Waals surface area contributed by atoms with Crippen molar-refractivity contribution < 1.29 is 31.5 Å². The summed E-state index contributed by atoms with van der Waals surface area (Å²) in [5, 5.41) is 11.7. The summed E-state index contributed by atoms with van der Waals surface area (Å²) in [7, 11) is -4.07. The van der Waals surface area contributed by atoms with E-state index < -0.39 is 61.4 Å². The van der Waals surface area contributed by atoms with Crippen LogP contribution in [0.5, 0.6) is 0 Å². The fourth-order valence-corrected chi connectivity index (χ4v) is 2.89. The first kappa shape index (κ1) is 20.1. The normalized spacial score (nSPS) is 12.3. The molecule has 0 aliphatic heterocycles. The Morgan fingerprint density at radius 2 is 1.93 bits per heavy atom. The van der Waals surface area contributed by atoms with E-state index in [1.54, 1.807) is 4.83 Å². The van der Waals surface area contributed by atoms with Gasteiger partial charge in [-0.15, -0.1) is 5.10 Å². The van der Waals surface area contributed by atoms with Crippen LogP contribution in [0.4, 0.5) is 13.2 Å². The number of nitrogens with one attached hydrogen (secondary N) is 2. The van der Waals surface area contributed by atoms with Crippen molar-refractivity contribution in [3.63, 3.8) is 0 Å². The Bertz CT molecular complexity index is 1370. The molecule has 3 aromatic rings. The van der Waals surface area contributed by atoms with Gasteiger partial charge in [0.15, 0.2) is 0 Å². The zero-order valence-corrected chi connectivity index (χ0v) is 14.9. The lowest BCUT2D eigenvalue weighted by molar-refractivity contribution is -0.137. The first-order valence-electron chi connectivity index (χ1n) is 7.31. The molecule has 0 aliphatic carbocycles. The largest absolute Gasteiger partial charge is 0.475 e. The minimum atomic E-state index is -4.98. The molecule has 2 aromatic heterocycles. The molecule has 3 rings (SSSR count). The van der Waals surface area contributed by atoms with Gasteiger partial charge in [0, 0.05) is 0 Å². The molecule has 0 fully saturated rings. The zero-order valence-electron chi connectivity index (χ0n) is 14.1. The van der Waals surface area contributed by atoms with Crippen LogP contribution in [0.25, 0.3) is 16.6 Å². The van der Waals surface area contributed by atoms with Crippen molar-refractivity contribution in [2.75, 3.05) is 11.1 Å². The van der Waals surface area contributed by atoms with Crippen molar-refractivity contribution >= 4 is 26.9 Å². The van der Waals surface area contributed by atoms with Gasteiger partial charge in [0.2, 0.25) is 10.0 Å². The van der Waals surface area contributed by atoms with Crippen LogP contribution in [-0.4, -0.2) is 50.2 Å². The second-order valence-electron chi connectivity index (χ2n) is 5.66. The van der Waals surface area contributed by atoms with E-state index in [0.29, 0.717) is 29.4 Å². The fraction of sp³-hybridized carbons (Fsp3) is 0.154. The summed E-state index contributed by atoms with van der Waals surface area (Å²) in [4.78, 5) is 42.3. The quantitative estimate of drug-likeness (QED) is 0.493. The van der Waals surface area contributed by atoms with E-state index in [1.807, 2.05) is 4.98 Å². The Morgan fingerprint density at radius 3 is 2.45 bits per heavy atom. The summed E-state index contributed by atoms with van der Waals surface area (Å²) < 4.78 is 63.7. The molecular formula is C13H9F3N6O6S. The van der Waals surface area contributed by atoms with Gasteiger partial charge in [-0.2, -0.15) is 17.8 Å². The van der Waals surface area contributed by atoms with Crippen LogP contribution in [0.2, 0.25) is 0 Å². The predicted molar refractivity (Wildman–Crippen MR) is 89.9 cm³/mol. The van der Waals surface area contributed by atoms with E-state index in [0.717, 1.165) is 0 Å². The number of sulfonamides is 1. The lowest BCUT2D eigenvalue weighted by Crippen LogP contribution is -2.43. The molecule has 0 saturated heterocycles. The van der Waals surface area contributed by atoms with E-state index in [1.165, 1.54) is 0 Å². The highest BCUT2D eigenvalue weighted by atomic mass is 32.2. The van der Waals surface area contributed by atoms with Crippen LogP contribution in [0, 0.1) is 0 Å². The lowest BCUT2D eigenvalue weighted by Gasteiger charge is -2.14. The van der Waals surface area contributed by atoms with E-state index in [4.69, 9.17) is 5.11 Å². The number of aromatic amines is 1. The summed E-state index contributed by atoms with van der Waals surface area (Å²) in [5.41, 5.74) is -5.22. The third-order valence-corrected chi connectivity index (χ3v) is 4.02. The topological polar surface area (TPSA) is 169 Å². The van der Waals surface area contributed by atoms with Crippen molar-refractivity contribution in [3.8, 4) is 5.69 Å². The van der Waals surface area contributed by atoms with Gasteiger partial charge in [0.05, 0.1) is 28.4 Å².